The number of hydrogen-bond acceptors (Lipinski definition) is 3. The molecular formula is C11H15NO4S. The van der Waals surface area contributed by atoms with E-state index in [-0.39, 0.29) is 0 Å². The maximum atomic E-state index is 11.1. The molecule has 0 bridgehead atoms. The SMILES string of the molecule is CCc1ccc(C(NS(C)(=O)=O)C(=O)O)cc1. The third-order valence-electron chi connectivity index (χ3n) is 2.30. The molecule has 0 saturated carbocycles. The molecule has 0 fully saturated rings. The number of hydrogen-bond donors (Lipinski definition) is 2. The Morgan fingerprint density at radius 3 is 2.24 bits per heavy atom. The van der Waals surface area contributed by atoms with E-state index in [2.05, 4.69) is 4.72 Å². The topological polar surface area (TPSA) is 83.5 Å². The summed E-state index contributed by atoms with van der Waals surface area (Å²) in [6.07, 6.45) is 1.78. The summed E-state index contributed by atoms with van der Waals surface area (Å²) in [6.45, 7) is 1.98. The number of carboxylic acid groups (broad SMARTS) is 1. The zero-order valence-electron chi connectivity index (χ0n) is 9.67. The van der Waals surface area contributed by atoms with Gasteiger partial charge in [0, 0.05) is 0 Å². The van der Waals surface area contributed by atoms with Crippen molar-refractivity contribution in [3.05, 3.63) is 35.4 Å². The van der Waals surface area contributed by atoms with Crippen molar-refractivity contribution in [3.63, 3.8) is 0 Å². The van der Waals surface area contributed by atoms with Crippen LogP contribution in [0.2, 0.25) is 0 Å². The van der Waals surface area contributed by atoms with E-state index < -0.39 is 22.0 Å². The first-order valence-electron chi connectivity index (χ1n) is 5.12. The standard InChI is InChI=1S/C11H15NO4S/c1-3-8-4-6-9(7-5-8)10(11(13)14)12-17(2,15)16/h4-7,10,12H,3H2,1-2H3,(H,13,14). The lowest BCUT2D eigenvalue weighted by Crippen LogP contribution is -2.32. The number of sulfonamides is 1. The zero-order valence-corrected chi connectivity index (χ0v) is 10.5. The highest BCUT2D eigenvalue weighted by Crippen LogP contribution is 2.15. The van der Waals surface area contributed by atoms with Crippen molar-refractivity contribution in [1.29, 1.82) is 0 Å². The number of carboxylic acids is 1. The van der Waals surface area contributed by atoms with Crippen LogP contribution in [-0.2, 0) is 21.2 Å². The minimum absolute atomic E-state index is 0.417. The number of rotatable bonds is 5. The van der Waals surface area contributed by atoms with Crippen LogP contribution in [0.3, 0.4) is 0 Å². The van der Waals surface area contributed by atoms with Gasteiger partial charge >= 0.3 is 5.97 Å². The van der Waals surface area contributed by atoms with Crippen LogP contribution in [-0.4, -0.2) is 25.7 Å². The predicted molar refractivity (Wildman–Crippen MR) is 64.2 cm³/mol. The average molecular weight is 257 g/mol. The summed E-state index contributed by atoms with van der Waals surface area (Å²) in [5.74, 6) is -1.22. The van der Waals surface area contributed by atoms with E-state index in [0.29, 0.717) is 5.56 Å². The van der Waals surface area contributed by atoms with Gasteiger partial charge in [-0.05, 0) is 17.5 Å². The molecule has 1 aromatic carbocycles. The van der Waals surface area contributed by atoms with Gasteiger partial charge in [0.05, 0.1) is 6.26 Å². The van der Waals surface area contributed by atoms with Gasteiger partial charge in [-0.2, -0.15) is 4.72 Å². The van der Waals surface area contributed by atoms with Crippen LogP contribution in [0.1, 0.15) is 24.1 Å². The second-order valence-electron chi connectivity index (χ2n) is 3.76. The number of nitrogens with one attached hydrogen (secondary N) is 1. The normalized spacial score (nSPS) is 13.3. The molecule has 6 heteroatoms. The number of aliphatic carboxylic acids is 1. The van der Waals surface area contributed by atoms with Gasteiger partial charge in [0.2, 0.25) is 10.0 Å². The van der Waals surface area contributed by atoms with Crippen molar-refractivity contribution in [2.24, 2.45) is 0 Å². The molecule has 5 nitrogen and oxygen atoms in total. The number of carbonyl (C=O) groups is 1. The third-order valence-corrected chi connectivity index (χ3v) is 2.96. The van der Waals surface area contributed by atoms with Gasteiger partial charge in [-0.25, -0.2) is 8.42 Å². The van der Waals surface area contributed by atoms with E-state index in [1.165, 1.54) is 0 Å². The van der Waals surface area contributed by atoms with Gasteiger partial charge in [-0.15, -0.1) is 0 Å². The van der Waals surface area contributed by atoms with Gasteiger partial charge in [0.1, 0.15) is 6.04 Å². The molecule has 2 N–H and O–H groups in total. The second-order valence-corrected chi connectivity index (χ2v) is 5.54. The van der Waals surface area contributed by atoms with E-state index in [1.54, 1.807) is 24.3 Å². The van der Waals surface area contributed by atoms with Crippen LogP contribution in [0, 0.1) is 0 Å². The monoisotopic (exact) mass is 257 g/mol. The predicted octanol–water partition coefficient (Wildman–Crippen LogP) is 0.924. The van der Waals surface area contributed by atoms with Gasteiger partial charge in [0.15, 0.2) is 0 Å². The van der Waals surface area contributed by atoms with Crippen LogP contribution in [0.4, 0.5) is 0 Å². The summed E-state index contributed by atoms with van der Waals surface area (Å²) >= 11 is 0. The van der Waals surface area contributed by atoms with E-state index in [4.69, 9.17) is 5.11 Å². The van der Waals surface area contributed by atoms with Crippen molar-refractivity contribution in [1.82, 2.24) is 4.72 Å². The van der Waals surface area contributed by atoms with Gasteiger partial charge < -0.3 is 5.11 Å². The fraction of sp³-hybridized carbons (Fsp3) is 0.364. The largest absolute Gasteiger partial charge is 0.480 e. The Balaban J connectivity index is 3.02. The maximum Gasteiger partial charge on any atom is 0.326 e. The Morgan fingerprint density at radius 2 is 1.88 bits per heavy atom. The molecule has 0 aromatic heterocycles. The van der Waals surface area contributed by atoms with Gasteiger partial charge in [-0.1, -0.05) is 31.2 Å². The highest BCUT2D eigenvalue weighted by molar-refractivity contribution is 7.88. The third kappa shape index (κ3) is 4.16. The van der Waals surface area contributed by atoms with E-state index >= 15 is 0 Å². The van der Waals surface area contributed by atoms with Crippen molar-refractivity contribution in [2.45, 2.75) is 19.4 Å². The summed E-state index contributed by atoms with van der Waals surface area (Å²) in [7, 11) is -3.56. The highest BCUT2D eigenvalue weighted by atomic mass is 32.2. The Labute approximate surface area is 101 Å². The van der Waals surface area contributed by atoms with Crippen LogP contribution in [0.25, 0.3) is 0 Å². The van der Waals surface area contributed by atoms with Crippen LogP contribution < -0.4 is 4.72 Å². The molecule has 1 aromatic rings. The maximum absolute atomic E-state index is 11.1. The number of aryl methyl sites for hydroxylation is 1. The first-order valence-corrected chi connectivity index (χ1v) is 7.01. The molecular weight excluding hydrogens is 242 g/mol. The van der Waals surface area contributed by atoms with Crippen molar-refractivity contribution >= 4 is 16.0 Å². The molecule has 1 rings (SSSR count). The first-order chi connectivity index (χ1) is 7.83. The number of benzene rings is 1. The molecule has 0 aliphatic heterocycles. The Hall–Kier alpha value is -1.40. The minimum atomic E-state index is -3.56. The molecule has 1 unspecified atom stereocenters. The minimum Gasteiger partial charge on any atom is -0.480 e. The molecule has 17 heavy (non-hydrogen) atoms. The second kappa shape index (κ2) is 5.29. The fourth-order valence-corrected chi connectivity index (χ4v) is 2.09. The Bertz CT molecular complexity index is 493. The summed E-state index contributed by atoms with van der Waals surface area (Å²) in [6, 6.07) is 5.58. The smallest absolute Gasteiger partial charge is 0.326 e. The zero-order chi connectivity index (χ0) is 13.1. The van der Waals surface area contributed by atoms with E-state index in [9.17, 15) is 13.2 Å². The molecule has 1 atom stereocenters. The molecule has 0 radical (unpaired) electrons. The fourth-order valence-electron chi connectivity index (χ4n) is 1.42. The van der Waals surface area contributed by atoms with Crippen LogP contribution in [0.5, 0.6) is 0 Å². The molecule has 0 heterocycles. The van der Waals surface area contributed by atoms with Crippen molar-refractivity contribution in [2.75, 3.05) is 6.26 Å². The van der Waals surface area contributed by atoms with Gasteiger partial charge in [0.25, 0.3) is 0 Å². The lowest BCUT2D eigenvalue weighted by molar-refractivity contribution is -0.139. The summed E-state index contributed by atoms with van der Waals surface area (Å²) in [5.41, 5.74) is 1.48. The van der Waals surface area contributed by atoms with Gasteiger partial charge in [-0.3, -0.25) is 4.79 Å². The summed E-state index contributed by atoms with van der Waals surface area (Å²) in [5, 5.41) is 8.99. The van der Waals surface area contributed by atoms with E-state index in [0.717, 1.165) is 18.2 Å². The Morgan fingerprint density at radius 1 is 1.35 bits per heavy atom. The van der Waals surface area contributed by atoms with Crippen molar-refractivity contribution in [3.8, 4) is 0 Å². The lowest BCUT2D eigenvalue weighted by atomic mass is 10.0. The quantitative estimate of drug-likeness (QED) is 0.821. The molecule has 0 saturated heterocycles. The van der Waals surface area contributed by atoms with Crippen molar-refractivity contribution < 1.29 is 18.3 Å². The van der Waals surface area contributed by atoms with Crippen LogP contribution >= 0.6 is 0 Å². The molecule has 0 aliphatic rings. The average Bonchev–Trinajstić information content (AvgIpc) is 2.25. The summed E-state index contributed by atoms with van der Waals surface area (Å²) < 4.78 is 24.2. The highest BCUT2D eigenvalue weighted by Gasteiger charge is 2.23. The lowest BCUT2D eigenvalue weighted by Gasteiger charge is -2.13. The first kappa shape index (κ1) is 13.7. The van der Waals surface area contributed by atoms with E-state index in [1.807, 2.05) is 6.92 Å². The van der Waals surface area contributed by atoms with Crippen LogP contribution in [0.15, 0.2) is 24.3 Å². The molecule has 94 valence electrons. The summed E-state index contributed by atoms with van der Waals surface area (Å²) in [4.78, 5) is 11.0. The Kier molecular flexibility index (Phi) is 4.25. The molecule has 0 amide bonds. The molecule has 0 spiro atoms. The molecule has 0 aliphatic carbocycles.